The van der Waals surface area contributed by atoms with Crippen molar-refractivity contribution in [3.63, 3.8) is 0 Å². The van der Waals surface area contributed by atoms with Crippen LogP contribution in [0.4, 0.5) is 0 Å². The molecule has 0 amide bonds. The van der Waals surface area contributed by atoms with Crippen LogP contribution in [0.25, 0.3) is 0 Å². The molecule has 0 fully saturated rings. The summed E-state index contributed by atoms with van der Waals surface area (Å²) >= 11 is 5.71. The summed E-state index contributed by atoms with van der Waals surface area (Å²) in [4.78, 5) is 11.0. The van der Waals surface area contributed by atoms with Gasteiger partial charge in [0.15, 0.2) is 0 Å². The number of nitrogens with zero attached hydrogens (tertiary/aromatic N) is 1. The van der Waals surface area contributed by atoms with Crippen molar-refractivity contribution in [2.75, 3.05) is 0 Å². The van der Waals surface area contributed by atoms with Crippen LogP contribution in [0.5, 0.6) is 0 Å². The van der Waals surface area contributed by atoms with Gasteiger partial charge in [-0.1, -0.05) is 13.0 Å². The number of hydrogen-bond donors (Lipinski definition) is 1. The third-order valence-electron chi connectivity index (χ3n) is 2.24. The van der Waals surface area contributed by atoms with Crippen LogP contribution in [0.1, 0.15) is 34.0 Å². The maximum absolute atomic E-state index is 11.0. The van der Waals surface area contributed by atoms with Gasteiger partial charge in [0.25, 0.3) is 0 Å². The molecule has 0 radical (unpaired) electrons. The molecule has 1 rings (SSSR count). The fourth-order valence-electron chi connectivity index (χ4n) is 1.56. The highest BCUT2D eigenvalue weighted by molar-refractivity contribution is 6.17. The first-order valence-corrected chi connectivity index (χ1v) is 5.03. The SMILES string of the molecule is CCc1c(CCl)ccc(C#N)c1C(=O)O. The van der Waals surface area contributed by atoms with E-state index >= 15 is 0 Å². The topological polar surface area (TPSA) is 61.1 Å². The van der Waals surface area contributed by atoms with Gasteiger partial charge >= 0.3 is 5.97 Å². The average Bonchev–Trinajstić information content (AvgIpc) is 2.26. The Balaban J connectivity index is 3.53. The maximum Gasteiger partial charge on any atom is 0.337 e. The standard InChI is InChI=1S/C11H10ClNO2/c1-2-9-7(5-12)3-4-8(6-13)10(9)11(14)15/h3-4H,2,5H2,1H3,(H,14,15). The first-order chi connectivity index (χ1) is 7.15. The minimum Gasteiger partial charge on any atom is -0.478 e. The molecule has 0 aliphatic carbocycles. The Kier molecular flexibility index (Phi) is 3.70. The van der Waals surface area contributed by atoms with Gasteiger partial charge < -0.3 is 5.11 Å². The molecule has 0 aliphatic heterocycles. The van der Waals surface area contributed by atoms with Crippen LogP contribution in [0.2, 0.25) is 0 Å². The minimum absolute atomic E-state index is 0.0816. The number of hydrogen-bond acceptors (Lipinski definition) is 2. The highest BCUT2D eigenvalue weighted by atomic mass is 35.5. The van der Waals surface area contributed by atoms with E-state index in [4.69, 9.17) is 22.0 Å². The van der Waals surface area contributed by atoms with E-state index in [-0.39, 0.29) is 17.0 Å². The first-order valence-electron chi connectivity index (χ1n) is 4.49. The Morgan fingerprint density at radius 1 is 1.60 bits per heavy atom. The number of alkyl halides is 1. The predicted molar refractivity (Wildman–Crippen MR) is 57.1 cm³/mol. The molecule has 0 bridgehead atoms. The lowest BCUT2D eigenvalue weighted by Gasteiger charge is -2.09. The van der Waals surface area contributed by atoms with Gasteiger partial charge in [0.05, 0.1) is 11.1 Å². The van der Waals surface area contributed by atoms with E-state index in [9.17, 15) is 4.79 Å². The van der Waals surface area contributed by atoms with Gasteiger partial charge in [-0.25, -0.2) is 4.79 Å². The third kappa shape index (κ3) is 2.11. The number of aromatic carboxylic acids is 1. The van der Waals surface area contributed by atoms with Crippen molar-refractivity contribution in [3.8, 4) is 6.07 Å². The predicted octanol–water partition coefficient (Wildman–Crippen LogP) is 2.56. The van der Waals surface area contributed by atoms with Gasteiger partial charge in [-0.15, -0.1) is 11.6 Å². The number of carboxylic acids is 1. The van der Waals surface area contributed by atoms with Crippen molar-refractivity contribution < 1.29 is 9.90 Å². The van der Waals surface area contributed by atoms with E-state index in [0.717, 1.165) is 5.56 Å². The number of nitriles is 1. The minimum atomic E-state index is -1.07. The van der Waals surface area contributed by atoms with Gasteiger partial charge in [0.2, 0.25) is 0 Å². The van der Waals surface area contributed by atoms with Crippen molar-refractivity contribution in [3.05, 3.63) is 34.4 Å². The molecule has 0 atom stereocenters. The molecule has 0 unspecified atom stereocenters. The molecule has 0 spiro atoms. The number of halogens is 1. The van der Waals surface area contributed by atoms with Crippen molar-refractivity contribution in [2.24, 2.45) is 0 Å². The number of benzene rings is 1. The molecule has 78 valence electrons. The van der Waals surface area contributed by atoms with Crippen LogP contribution in [0.3, 0.4) is 0 Å². The van der Waals surface area contributed by atoms with E-state index in [1.54, 1.807) is 6.07 Å². The second-order valence-electron chi connectivity index (χ2n) is 3.03. The summed E-state index contributed by atoms with van der Waals surface area (Å²) < 4.78 is 0. The quantitative estimate of drug-likeness (QED) is 0.801. The highest BCUT2D eigenvalue weighted by Crippen LogP contribution is 2.21. The lowest BCUT2D eigenvalue weighted by Crippen LogP contribution is -2.07. The molecule has 0 saturated carbocycles. The first kappa shape index (κ1) is 11.5. The summed E-state index contributed by atoms with van der Waals surface area (Å²) in [5, 5.41) is 17.8. The second-order valence-corrected chi connectivity index (χ2v) is 3.30. The third-order valence-corrected chi connectivity index (χ3v) is 2.53. The average molecular weight is 224 g/mol. The van der Waals surface area contributed by atoms with Gasteiger partial charge in [-0.05, 0) is 23.6 Å². The monoisotopic (exact) mass is 223 g/mol. The molecule has 0 aromatic heterocycles. The van der Waals surface area contributed by atoms with E-state index in [1.807, 2.05) is 13.0 Å². The summed E-state index contributed by atoms with van der Waals surface area (Å²) in [7, 11) is 0. The van der Waals surface area contributed by atoms with Crippen LogP contribution in [-0.2, 0) is 12.3 Å². The van der Waals surface area contributed by atoms with E-state index < -0.39 is 5.97 Å². The summed E-state index contributed by atoms with van der Waals surface area (Å²) in [6.45, 7) is 1.85. The van der Waals surface area contributed by atoms with E-state index in [0.29, 0.717) is 12.0 Å². The molecular weight excluding hydrogens is 214 g/mol. The van der Waals surface area contributed by atoms with E-state index in [1.165, 1.54) is 6.07 Å². The smallest absolute Gasteiger partial charge is 0.337 e. The Labute approximate surface area is 92.9 Å². The summed E-state index contributed by atoms with van der Waals surface area (Å²) in [6, 6.07) is 5.08. The van der Waals surface area contributed by atoms with Crippen molar-refractivity contribution in [2.45, 2.75) is 19.2 Å². The van der Waals surface area contributed by atoms with Gasteiger partial charge in [-0.3, -0.25) is 0 Å². The maximum atomic E-state index is 11.0. The zero-order valence-electron chi connectivity index (χ0n) is 8.25. The zero-order chi connectivity index (χ0) is 11.4. The van der Waals surface area contributed by atoms with Gasteiger partial charge in [-0.2, -0.15) is 5.26 Å². The number of rotatable bonds is 3. The summed E-state index contributed by atoms with van der Waals surface area (Å²) in [5.74, 6) is -0.815. The summed E-state index contributed by atoms with van der Waals surface area (Å²) in [6.07, 6.45) is 0.555. The largest absolute Gasteiger partial charge is 0.478 e. The van der Waals surface area contributed by atoms with Crippen molar-refractivity contribution in [1.82, 2.24) is 0 Å². The highest BCUT2D eigenvalue weighted by Gasteiger charge is 2.17. The van der Waals surface area contributed by atoms with Gasteiger partial charge in [0.1, 0.15) is 6.07 Å². The molecule has 4 heteroatoms. The fourth-order valence-corrected chi connectivity index (χ4v) is 1.81. The number of carbonyl (C=O) groups is 1. The summed E-state index contributed by atoms with van der Waals surface area (Å²) in [5.41, 5.74) is 1.69. The molecule has 15 heavy (non-hydrogen) atoms. The molecule has 1 aromatic carbocycles. The lowest BCUT2D eigenvalue weighted by atomic mass is 9.95. The number of carboxylic acid groups (broad SMARTS) is 1. The lowest BCUT2D eigenvalue weighted by molar-refractivity contribution is 0.0695. The Bertz CT molecular complexity index is 435. The zero-order valence-corrected chi connectivity index (χ0v) is 9.01. The van der Waals surface area contributed by atoms with E-state index in [2.05, 4.69) is 0 Å². The Hall–Kier alpha value is -1.53. The Morgan fingerprint density at radius 3 is 2.67 bits per heavy atom. The molecule has 0 heterocycles. The van der Waals surface area contributed by atoms with Gasteiger partial charge in [0, 0.05) is 5.88 Å². The van der Waals surface area contributed by atoms with Crippen LogP contribution < -0.4 is 0 Å². The fraction of sp³-hybridized carbons (Fsp3) is 0.273. The molecule has 0 aliphatic rings. The van der Waals surface area contributed by atoms with Crippen molar-refractivity contribution in [1.29, 1.82) is 5.26 Å². The molecular formula is C11H10ClNO2. The molecule has 1 N–H and O–H groups in total. The van der Waals surface area contributed by atoms with Crippen LogP contribution >= 0.6 is 11.6 Å². The second kappa shape index (κ2) is 4.81. The van der Waals surface area contributed by atoms with Crippen LogP contribution in [0.15, 0.2) is 12.1 Å². The molecule has 3 nitrogen and oxygen atoms in total. The van der Waals surface area contributed by atoms with Crippen molar-refractivity contribution >= 4 is 17.6 Å². The molecule has 1 aromatic rings. The van der Waals surface area contributed by atoms with Crippen LogP contribution in [0, 0.1) is 11.3 Å². The Morgan fingerprint density at radius 2 is 2.27 bits per heavy atom. The van der Waals surface area contributed by atoms with Crippen LogP contribution in [-0.4, -0.2) is 11.1 Å². The molecule has 0 saturated heterocycles. The normalized spacial score (nSPS) is 9.67.